The second kappa shape index (κ2) is 7.81. The largest absolute Gasteiger partial charge is 0.378 e. The summed E-state index contributed by atoms with van der Waals surface area (Å²) in [5.41, 5.74) is 0.867. The van der Waals surface area contributed by atoms with Crippen LogP contribution in [0, 0.1) is 0 Å². The maximum atomic E-state index is 12.7. The summed E-state index contributed by atoms with van der Waals surface area (Å²) in [6.07, 6.45) is 4.85. The Labute approximate surface area is 146 Å². The average molecular weight is 349 g/mol. The summed E-state index contributed by atoms with van der Waals surface area (Å²) in [4.78, 5) is 28.7. The summed E-state index contributed by atoms with van der Waals surface area (Å²) in [6, 6.07) is 6.96. The molecule has 1 aromatic carbocycles. The van der Waals surface area contributed by atoms with E-state index in [9.17, 15) is 9.59 Å². The third-order valence-electron chi connectivity index (χ3n) is 4.41. The smallest absolute Gasteiger partial charge is 0.247 e. The molecule has 6 heteroatoms. The second-order valence-corrected chi connectivity index (χ2v) is 6.45. The van der Waals surface area contributed by atoms with E-state index in [1.165, 1.54) is 6.08 Å². The van der Waals surface area contributed by atoms with Crippen molar-refractivity contribution in [2.75, 3.05) is 32.8 Å². The van der Waals surface area contributed by atoms with Gasteiger partial charge in [-0.15, -0.1) is 0 Å². The van der Waals surface area contributed by atoms with E-state index < -0.39 is 0 Å². The van der Waals surface area contributed by atoms with Crippen LogP contribution in [0.2, 0.25) is 5.02 Å². The molecule has 2 heterocycles. The minimum Gasteiger partial charge on any atom is -0.378 e. The Hall–Kier alpha value is -1.85. The molecule has 5 nitrogen and oxygen atoms in total. The molecule has 0 bridgehead atoms. The van der Waals surface area contributed by atoms with Gasteiger partial charge in [0.1, 0.15) is 6.04 Å². The number of nitrogens with zero attached hydrogens (tertiary/aromatic N) is 2. The molecule has 0 radical (unpaired) electrons. The highest BCUT2D eigenvalue weighted by Gasteiger charge is 2.36. The highest BCUT2D eigenvalue weighted by molar-refractivity contribution is 6.30. The van der Waals surface area contributed by atoms with Gasteiger partial charge >= 0.3 is 0 Å². The van der Waals surface area contributed by atoms with Crippen molar-refractivity contribution in [3.05, 3.63) is 40.9 Å². The van der Waals surface area contributed by atoms with E-state index in [2.05, 4.69) is 0 Å². The molecule has 2 aliphatic heterocycles. The number of rotatable bonds is 3. The Kier molecular flexibility index (Phi) is 5.53. The molecule has 3 rings (SSSR count). The molecular weight excluding hydrogens is 328 g/mol. The van der Waals surface area contributed by atoms with Crippen LogP contribution in [0.1, 0.15) is 18.4 Å². The van der Waals surface area contributed by atoms with Gasteiger partial charge in [-0.2, -0.15) is 0 Å². The Morgan fingerprint density at radius 1 is 1.21 bits per heavy atom. The first-order valence-electron chi connectivity index (χ1n) is 8.26. The van der Waals surface area contributed by atoms with Crippen molar-refractivity contribution in [3.63, 3.8) is 0 Å². The molecule has 2 saturated heterocycles. The quantitative estimate of drug-likeness (QED) is 0.787. The van der Waals surface area contributed by atoms with Crippen molar-refractivity contribution in [2.24, 2.45) is 0 Å². The van der Waals surface area contributed by atoms with Gasteiger partial charge in [-0.1, -0.05) is 23.7 Å². The molecule has 1 aromatic rings. The zero-order valence-corrected chi connectivity index (χ0v) is 14.2. The van der Waals surface area contributed by atoms with E-state index in [1.807, 2.05) is 12.1 Å². The maximum absolute atomic E-state index is 12.7. The molecule has 1 atom stereocenters. The van der Waals surface area contributed by atoms with Gasteiger partial charge < -0.3 is 14.5 Å². The molecule has 24 heavy (non-hydrogen) atoms. The number of amides is 2. The van der Waals surface area contributed by atoms with Crippen LogP contribution in [0.15, 0.2) is 30.3 Å². The Morgan fingerprint density at radius 2 is 2.00 bits per heavy atom. The highest BCUT2D eigenvalue weighted by Crippen LogP contribution is 2.21. The first kappa shape index (κ1) is 17.0. The molecule has 0 aromatic heterocycles. The first-order chi connectivity index (χ1) is 11.6. The van der Waals surface area contributed by atoms with E-state index >= 15 is 0 Å². The lowest BCUT2D eigenvalue weighted by atomic mass is 10.1. The maximum Gasteiger partial charge on any atom is 0.247 e. The number of benzene rings is 1. The van der Waals surface area contributed by atoms with E-state index in [-0.39, 0.29) is 17.9 Å². The number of carbonyl (C=O) groups is 2. The van der Waals surface area contributed by atoms with Gasteiger partial charge in [0.2, 0.25) is 11.8 Å². The monoisotopic (exact) mass is 348 g/mol. The molecule has 0 unspecified atom stereocenters. The third-order valence-corrected chi connectivity index (χ3v) is 4.65. The van der Waals surface area contributed by atoms with Crippen LogP contribution in [0.5, 0.6) is 0 Å². The molecule has 2 fully saturated rings. The summed E-state index contributed by atoms with van der Waals surface area (Å²) >= 11 is 5.95. The lowest BCUT2D eigenvalue weighted by Gasteiger charge is -2.32. The third kappa shape index (κ3) is 3.97. The standard InChI is InChI=1S/C18H21ClN2O3/c19-15-4-1-3-14(13-15)6-7-17(22)21-8-2-5-16(21)18(23)20-9-11-24-12-10-20/h1,3-4,6-7,13,16H,2,5,8-12H2/b7-6+/t16-/m1/s1. The minimum absolute atomic E-state index is 0.0419. The van der Waals surface area contributed by atoms with Crippen molar-refractivity contribution in [2.45, 2.75) is 18.9 Å². The Bertz CT molecular complexity index is 641. The Morgan fingerprint density at radius 3 is 2.75 bits per heavy atom. The van der Waals surface area contributed by atoms with Gasteiger partial charge in [-0.05, 0) is 36.6 Å². The number of ether oxygens (including phenoxy) is 1. The molecule has 0 spiro atoms. The van der Waals surface area contributed by atoms with Crippen molar-refractivity contribution in [1.29, 1.82) is 0 Å². The highest BCUT2D eigenvalue weighted by atomic mass is 35.5. The zero-order chi connectivity index (χ0) is 16.9. The fraction of sp³-hybridized carbons (Fsp3) is 0.444. The summed E-state index contributed by atoms with van der Waals surface area (Å²) < 4.78 is 5.29. The fourth-order valence-electron chi connectivity index (χ4n) is 3.16. The topological polar surface area (TPSA) is 49.9 Å². The summed E-state index contributed by atoms with van der Waals surface area (Å²) in [7, 11) is 0. The van der Waals surface area contributed by atoms with Crippen molar-refractivity contribution >= 4 is 29.5 Å². The van der Waals surface area contributed by atoms with Crippen LogP contribution in [-0.2, 0) is 14.3 Å². The predicted molar refractivity (Wildman–Crippen MR) is 92.6 cm³/mol. The van der Waals surface area contributed by atoms with Crippen molar-refractivity contribution in [3.8, 4) is 0 Å². The van der Waals surface area contributed by atoms with Gasteiger partial charge in [-0.3, -0.25) is 9.59 Å². The zero-order valence-electron chi connectivity index (χ0n) is 13.5. The minimum atomic E-state index is -0.348. The summed E-state index contributed by atoms with van der Waals surface area (Å²) in [5, 5.41) is 0.631. The van der Waals surface area contributed by atoms with Crippen molar-refractivity contribution < 1.29 is 14.3 Å². The number of morpholine rings is 1. The predicted octanol–water partition coefficient (Wildman–Crippen LogP) is 2.20. The van der Waals surface area contributed by atoms with Gasteiger partial charge in [-0.25, -0.2) is 0 Å². The van der Waals surface area contributed by atoms with Crippen LogP contribution >= 0.6 is 11.6 Å². The van der Waals surface area contributed by atoms with Crippen LogP contribution < -0.4 is 0 Å². The van der Waals surface area contributed by atoms with Gasteiger partial charge in [0.25, 0.3) is 0 Å². The van der Waals surface area contributed by atoms with Crippen LogP contribution in [-0.4, -0.2) is 60.5 Å². The number of halogens is 1. The van der Waals surface area contributed by atoms with Gasteiger partial charge in [0.05, 0.1) is 13.2 Å². The normalized spacial score (nSPS) is 21.5. The van der Waals surface area contributed by atoms with Crippen LogP contribution in [0.4, 0.5) is 0 Å². The van der Waals surface area contributed by atoms with Gasteiger partial charge in [0.15, 0.2) is 0 Å². The van der Waals surface area contributed by atoms with E-state index in [1.54, 1.807) is 28.0 Å². The second-order valence-electron chi connectivity index (χ2n) is 6.02. The summed E-state index contributed by atoms with van der Waals surface area (Å²) in [5.74, 6) is -0.0839. The number of likely N-dealkylation sites (tertiary alicyclic amines) is 1. The molecule has 2 amide bonds. The lowest BCUT2D eigenvalue weighted by Crippen LogP contribution is -2.50. The van der Waals surface area contributed by atoms with E-state index in [4.69, 9.17) is 16.3 Å². The summed E-state index contributed by atoms with van der Waals surface area (Å²) in [6.45, 7) is 2.98. The lowest BCUT2D eigenvalue weighted by molar-refractivity contribution is -0.144. The van der Waals surface area contributed by atoms with Gasteiger partial charge in [0, 0.05) is 30.7 Å². The molecular formula is C18H21ClN2O3. The number of hydrogen-bond acceptors (Lipinski definition) is 3. The SMILES string of the molecule is O=C([C@H]1CCCN1C(=O)/C=C/c1cccc(Cl)c1)N1CCOCC1. The van der Waals surface area contributed by atoms with Crippen LogP contribution in [0.3, 0.4) is 0 Å². The number of carbonyl (C=O) groups excluding carboxylic acids is 2. The van der Waals surface area contributed by atoms with E-state index in [0.29, 0.717) is 37.9 Å². The molecule has 128 valence electrons. The molecule has 0 N–H and O–H groups in total. The van der Waals surface area contributed by atoms with Crippen molar-refractivity contribution in [1.82, 2.24) is 9.80 Å². The molecule has 0 aliphatic carbocycles. The first-order valence-corrected chi connectivity index (χ1v) is 8.64. The van der Waals surface area contributed by atoms with E-state index in [0.717, 1.165) is 18.4 Å². The average Bonchev–Trinajstić information content (AvgIpc) is 3.09. The fourth-order valence-corrected chi connectivity index (χ4v) is 3.35. The van der Waals surface area contributed by atoms with Crippen LogP contribution in [0.25, 0.3) is 6.08 Å². The number of hydrogen-bond donors (Lipinski definition) is 0. The molecule has 2 aliphatic rings. The molecule has 0 saturated carbocycles. The Balaban J connectivity index is 1.65.